The Kier molecular flexibility index (Phi) is 6.61. The zero-order valence-electron chi connectivity index (χ0n) is 11.2. The molecule has 0 aliphatic carbocycles. The van der Waals surface area contributed by atoms with Crippen molar-refractivity contribution in [1.82, 2.24) is 5.32 Å². The third kappa shape index (κ3) is 5.34. The van der Waals surface area contributed by atoms with E-state index in [0.717, 1.165) is 12.1 Å². The highest BCUT2D eigenvalue weighted by molar-refractivity contribution is 6.31. The van der Waals surface area contributed by atoms with Crippen molar-refractivity contribution >= 4 is 11.6 Å². The molecule has 0 aliphatic heterocycles. The van der Waals surface area contributed by atoms with Gasteiger partial charge in [0.1, 0.15) is 5.82 Å². The molecular weight excluding hydrogens is 253 g/mol. The Hall–Kier alpha value is -0.640. The average molecular weight is 274 g/mol. The van der Waals surface area contributed by atoms with E-state index in [4.69, 9.17) is 16.3 Å². The maximum Gasteiger partial charge on any atom is 0.123 e. The first-order valence-electron chi connectivity index (χ1n) is 6.31. The van der Waals surface area contributed by atoms with Gasteiger partial charge in [-0.05, 0) is 50.6 Å². The smallest absolute Gasteiger partial charge is 0.123 e. The summed E-state index contributed by atoms with van der Waals surface area (Å²) in [7, 11) is 0. The second kappa shape index (κ2) is 7.72. The number of rotatable bonds is 7. The Morgan fingerprint density at radius 1 is 1.39 bits per heavy atom. The predicted molar refractivity (Wildman–Crippen MR) is 73.7 cm³/mol. The lowest BCUT2D eigenvalue weighted by Gasteiger charge is -2.20. The molecule has 0 aliphatic rings. The van der Waals surface area contributed by atoms with Crippen molar-refractivity contribution in [3.8, 4) is 0 Å². The number of ether oxygens (including phenoxy) is 1. The Balaban J connectivity index is 2.66. The quantitative estimate of drug-likeness (QED) is 0.822. The highest BCUT2D eigenvalue weighted by Crippen LogP contribution is 2.18. The minimum absolute atomic E-state index is 0.150. The molecule has 1 rings (SSSR count). The van der Waals surface area contributed by atoms with Crippen LogP contribution in [0.4, 0.5) is 4.39 Å². The van der Waals surface area contributed by atoms with E-state index in [1.165, 1.54) is 12.1 Å². The molecule has 18 heavy (non-hydrogen) atoms. The molecular formula is C14H21ClFNO. The molecule has 0 heterocycles. The molecule has 1 N–H and O–H groups in total. The number of halogens is 2. The lowest BCUT2D eigenvalue weighted by Crippen LogP contribution is -2.36. The molecule has 0 spiro atoms. The first kappa shape index (κ1) is 15.4. The third-order valence-corrected chi connectivity index (χ3v) is 2.97. The highest BCUT2D eigenvalue weighted by atomic mass is 35.5. The van der Waals surface area contributed by atoms with Gasteiger partial charge in [0.05, 0.1) is 12.7 Å². The maximum atomic E-state index is 13.2. The van der Waals surface area contributed by atoms with Crippen LogP contribution in [0.5, 0.6) is 0 Å². The minimum Gasteiger partial charge on any atom is -0.377 e. The van der Waals surface area contributed by atoms with Gasteiger partial charge in [-0.25, -0.2) is 4.39 Å². The fourth-order valence-electron chi connectivity index (χ4n) is 1.75. The summed E-state index contributed by atoms with van der Waals surface area (Å²) in [6.07, 6.45) is 0.853. The molecule has 0 fully saturated rings. The fourth-order valence-corrected chi connectivity index (χ4v) is 1.95. The van der Waals surface area contributed by atoms with E-state index in [-0.39, 0.29) is 18.0 Å². The Bertz CT molecular complexity index is 371. The van der Waals surface area contributed by atoms with Gasteiger partial charge in [-0.1, -0.05) is 18.5 Å². The first-order chi connectivity index (χ1) is 8.52. The number of hydrogen-bond acceptors (Lipinski definition) is 2. The van der Waals surface area contributed by atoms with Gasteiger partial charge in [-0.3, -0.25) is 0 Å². The van der Waals surface area contributed by atoms with E-state index in [1.54, 1.807) is 6.07 Å². The Morgan fingerprint density at radius 3 is 2.72 bits per heavy atom. The van der Waals surface area contributed by atoms with E-state index < -0.39 is 0 Å². The molecule has 1 aromatic carbocycles. The standard InChI is InChI=1S/C14H21ClFNO/c1-4-17-13(9-18-10(2)3)8-11-7-12(16)5-6-14(11)15/h5-7,10,13,17H,4,8-9H2,1-3H3. The third-order valence-electron chi connectivity index (χ3n) is 2.60. The second-order valence-corrected chi connectivity index (χ2v) is 4.98. The monoisotopic (exact) mass is 273 g/mol. The lowest BCUT2D eigenvalue weighted by molar-refractivity contribution is 0.0616. The largest absolute Gasteiger partial charge is 0.377 e. The summed E-state index contributed by atoms with van der Waals surface area (Å²) in [4.78, 5) is 0. The molecule has 1 aromatic rings. The number of hydrogen-bond donors (Lipinski definition) is 1. The highest BCUT2D eigenvalue weighted by Gasteiger charge is 2.12. The zero-order valence-corrected chi connectivity index (χ0v) is 11.9. The number of likely N-dealkylation sites (N-methyl/N-ethyl adjacent to an activating group) is 1. The van der Waals surface area contributed by atoms with Crippen molar-refractivity contribution in [1.29, 1.82) is 0 Å². The molecule has 0 bridgehead atoms. The molecule has 0 radical (unpaired) electrons. The van der Waals surface area contributed by atoms with Crippen molar-refractivity contribution in [3.05, 3.63) is 34.6 Å². The topological polar surface area (TPSA) is 21.3 Å². The molecule has 2 nitrogen and oxygen atoms in total. The van der Waals surface area contributed by atoms with Crippen LogP contribution >= 0.6 is 11.6 Å². The van der Waals surface area contributed by atoms with E-state index in [9.17, 15) is 4.39 Å². The van der Waals surface area contributed by atoms with Crippen LogP contribution in [0.1, 0.15) is 26.3 Å². The molecule has 0 saturated heterocycles. The summed E-state index contributed by atoms with van der Waals surface area (Å²) in [6, 6.07) is 4.61. The molecule has 1 unspecified atom stereocenters. The van der Waals surface area contributed by atoms with Crippen LogP contribution in [0.15, 0.2) is 18.2 Å². The molecule has 0 saturated carbocycles. The second-order valence-electron chi connectivity index (χ2n) is 4.58. The predicted octanol–water partition coefficient (Wildman–Crippen LogP) is 3.42. The van der Waals surface area contributed by atoms with Crippen molar-refractivity contribution < 1.29 is 9.13 Å². The van der Waals surface area contributed by atoms with Crippen LogP contribution < -0.4 is 5.32 Å². The van der Waals surface area contributed by atoms with Gasteiger partial charge in [0, 0.05) is 11.1 Å². The lowest BCUT2D eigenvalue weighted by atomic mass is 10.1. The SMILES string of the molecule is CCNC(COC(C)C)Cc1cc(F)ccc1Cl. The van der Waals surface area contributed by atoms with Crippen LogP contribution in [0.25, 0.3) is 0 Å². The summed E-state index contributed by atoms with van der Waals surface area (Å²) in [5, 5.41) is 3.93. The van der Waals surface area contributed by atoms with Gasteiger partial charge < -0.3 is 10.1 Å². The van der Waals surface area contributed by atoms with Crippen molar-refractivity contribution in [2.45, 2.75) is 39.3 Å². The summed E-state index contributed by atoms with van der Waals surface area (Å²) >= 11 is 6.07. The van der Waals surface area contributed by atoms with E-state index in [1.807, 2.05) is 20.8 Å². The van der Waals surface area contributed by atoms with Crippen molar-refractivity contribution in [3.63, 3.8) is 0 Å². The van der Waals surface area contributed by atoms with E-state index >= 15 is 0 Å². The van der Waals surface area contributed by atoms with Crippen LogP contribution in [-0.2, 0) is 11.2 Å². The van der Waals surface area contributed by atoms with Crippen LogP contribution in [0, 0.1) is 5.82 Å². The van der Waals surface area contributed by atoms with Gasteiger partial charge >= 0.3 is 0 Å². The summed E-state index contributed by atoms with van der Waals surface area (Å²) in [5.41, 5.74) is 0.815. The van der Waals surface area contributed by atoms with Gasteiger partial charge in [-0.15, -0.1) is 0 Å². The normalized spacial score (nSPS) is 13.0. The fraction of sp³-hybridized carbons (Fsp3) is 0.571. The summed E-state index contributed by atoms with van der Waals surface area (Å²) < 4.78 is 18.8. The summed E-state index contributed by atoms with van der Waals surface area (Å²) in [6.45, 7) is 7.48. The van der Waals surface area contributed by atoms with E-state index in [0.29, 0.717) is 18.1 Å². The molecule has 4 heteroatoms. The number of nitrogens with one attached hydrogen (secondary N) is 1. The van der Waals surface area contributed by atoms with Crippen LogP contribution in [0.3, 0.4) is 0 Å². The average Bonchev–Trinajstić information content (AvgIpc) is 2.31. The van der Waals surface area contributed by atoms with E-state index in [2.05, 4.69) is 5.32 Å². The maximum absolute atomic E-state index is 13.2. The number of benzene rings is 1. The zero-order chi connectivity index (χ0) is 13.5. The Labute approximate surface area is 113 Å². The Morgan fingerprint density at radius 2 is 2.11 bits per heavy atom. The van der Waals surface area contributed by atoms with Gasteiger partial charge in [-0.2, -0.15) is 0 Å². The van der Waals surface area contributed by atoms with Crippen molar-refractivity contribution in [2.24, 2.45) is 0 Å². The van der Waals surface area contributed by atoms with Crippen molar-refractivity contribution in [2.75, 3.05) is 13.2 Å². The van der Waals surface area contributed by atoms with Crippen LogP contribution in [-0.4, -0.2) is 25.3 Å². The first-order valence-corrected chi connectivity index (χ1v) is 6.69. The van der Waals surface area contributed by atoms with Gasteiger partial charge in [0.25, 0.3) is 0 Å². The molecule has 102 valence electrons. The van der Waals surface area contributed by atoms with Crippen LogP contribution in [0.2, 0.25) is 5.02 Å². The van der Waals surface area contributed by atoms with Gasteiger partial charge in [0.15, 0.2) is 0 Å². The summed E-state index contributed by atoms with van der Waals surface area (Å²) in [5.74, 6) is -0.255. The molecule has 0 amide bonds. The minimum atomic E-state index is -0.255. The van der Waals surface area contributed by atoms with Gasteiger partial charge in [0.2, 0.25) is 0 Å². The molecule has 1 atom stereocenters. The molecule has 0 aromatic heterocycles.